The zero-order chi connectivity index (χ0) is 20.7. The molecule has 0 radical (unpaired) electrons. The first-order valence-electron chi connectivity index (χ1n) is 9.35. The number of carboxylic acids is 1. The van der Waals surface area contributed by atoms with E-state index in [2.05, 4.69) is 5.32 Å². The van der Waals surface area contributed by atoms with Gasteiger partial charge in [0.15, 0.2) is 0 Å². The molecule has 1 aromatic carbocycles. The Labute approximate surface area is 164 Å². The van der Waals surface area contributed by atoms with Gasteiger partial charge in [-0.25, -0.2) is 13.2 Å². The number of carbonyl (C=O) groups excluding carboxylic acids is 1. The summed E-state index contributed by atoms with van der Waals surface area (Å²) in [4.78, 5) is 24.3. The summed E-state index contributed by atoms with van der Waals surface area (Å²) in [6.07, 6.45) is 1.04. The van der Waals surface area contributed by atoms with Crippen LogP contribution in [0.2, 0.25) is 0 Å². The van der Waals surface area contributed by atoms with Gasteiger partial charge < -0.3 is 15.2 Å². The first-order chi connectivity index (χ1) is 13.0. The normalized spacial score (nSPS) is 25.7. The Kier molecular flexibility index (Phi) is 5.53. The van der Waals surface area contributed by atoms with Crippen molar-refractivity contribution < 1.29 is 27.9 Å². The minimum absolute atomic E-state index is 0.00454. The van der Waals surface area contributed by atoms with Crippen LogP contribution in [0.15, 0.2) is 29.2 Å². The van der Waals surface area contributed by atoms with Crippen LogP contribution in [-0.4, -0.2) is 60.5 Å². The molecule has 2 aliphatic rings. The molecule has 2 fully saturated rings. The average Bonchev–Trinajstić information content (AvgIpc) is 3.46. The molecule has 28 heavy (non-hydrogen) atoms. The molecule has 1 aromatic rings. The first kappa shape index (κ1) is 20.8. The number of hydrogen-bond acceptors (Lipinski definition) is 5. The molecule has 0 aromatic heterocycles. The molecule has 8 nitrogen and oxygen atoms in total. The fraction of sp³-hybridized carbons (Fsp3) is 0.579. The Morgan fingerprint density at radius 1 is 1.21 bits per heavy atom. The molecule has 0 spiro atoms. The molecular weight excluding hydrogens is 384 g/mol. The molecule has 1 saturated heterocycles. The lowest BCUT2D eigenvalue weighted by molar-refractivity contribution is -0.144. The molecule has 1 heterocycles. The van der Waals surface area contributed by atoms with Gasteiger partial charge in [-0.05, 0) is 57.7 Å². The maximum atomic E-state index is 13.0. The Morgan fingerprint density at radius 3 is 2.36 bits per heavy atom. The Bertz CT molecular complexity index is 872. The maximum absolute atomic E-state index is 13.0. The van der Waals surface area contributed by atoms with Gasteiger partial charge in [0.25, 0.3) is 5.91 Å². The molecule has 1 aliphatic carbocycles. The number of morpholine rings is 1. The van der Waals surface area contributed by atoms with E-state index < -0.39 is 27.4 Å². The monoisotopic (exact) mass is 410 g/mol. The molecule has 1 amide bonds. The number of benzene rings is 1. The van der Waals surface area contributed by atoms with Gasteiger partial charge in [-0.2, -0.15) is 4.31 Å². The van der Waals surface area contributed by atoms with E-state index in [4.69, 9.17) is 4.74 Å². The highest BCUT2D eigenvalue weighted by Gasteiger charge is 2.48. The van der Waals surface area contributed by atoms with Crippen LogP contribution in [0.25, 0.3) is 0 Å². The largest absolute Gasteiger partial charge is 0.480 e. The lowest BCUT2D eigenvalue weighted by Crippen LogP contribution is -2.54. The SMILES string of the molecule is CC1CN(S(=O)(=O)c2cccc(C(=O)NC(C)(C(=O)O)C3CC3)c2)CC(C)O1. The summed E-state index contributed by atoms with van der Waals surface area (Å²) in [5, 5.41) is 12.1. The summed E-state index contributed by atoms with van der Waals surface area (Å²) in [7, 11) is -3.79. The van der Waals surface area contributed by atoms with Crippen molar-refractivity contribution in [3.8, 4) is 0 Å². The van der Waals surface area contributed by atoms with Crippen LogP contribution in [0.5, 0.6) is 0 Å². The second-order valence-electron chi connectivity index (χ2n) is 7.84. The molecule has 1 aliphatic heterocycles. The quantitative estimate of drug-likeness (QED) is 0.734. The topological polar surface area (TPSA) is 113 Å². The number of nitrogens with one attached hydrogen (secondary N) is 1. The van der Waals surface area contributed by atoms with E-state index in [1.54, 1.807) is 0 Å². The lowest BCUT2D eigenvalue weighted by Gasteiger charge is -2.34. The van der Waals surface area contributed by atoms with E-state index in [-0.39, 0.29) is 41.7 Å². The summed E-state index contributed by atoms with van der Waals surface area (Å²) in [5.74, 6) is -1.81. The number of hydrogen-bond donors (Lipinski definition) is 2. The predicted molar refractivity (Wildman–Crippen MR) is 101 cm³/mol. The zero-order valence-corrected chi connectivity index (χ0v) is 17.0. The van der Waals surface area contributed by atoms with Gasteiger partial charge in [0, 0.05) is 18.7 Å². The highest BCUT2D eigenvalue weighted by molar-refractivity contribution is 7.89. The summed E-state index contributed by atoms with van der Waals surface area (Å²) >= 11 is 0. The van der Waals surface area contributed by atoms with Gasteiger partial charge in [-0.3, -0.25) is 4.79 Å². The number of rotatable bonds is 6. The zero-order valence-electron chi connectivity index (χ0n) is 16.2. The van der Waals surface area contributed by atoms with Crippen molar-refractivity contribution in [1.29, 1.82) is 0 Å². The lowest BCUT2D eigenvalue weighted by atomic mass is 9.95. The number of amides is 1. The molecule has 2 N–H and O–H groups in total. The molecular formula is C19H26N2O6S. The molecule has 0 bridgehead atoms. The van der Waals surface area contributed by atoms with Crippen molar-refractivity contribution in [2.45, 2.75) is 56.3 Å². The molecule has 3 unspecified atom stereocenters. The Balaban J connectivity index is 1.83. The first-order valence-corrected chi connectivity index (χ1v) is 10.8. The van der Waals surface area contributed by atoms with E-state index in [9.17, 15) is 23.1 Å². The van der Waals surface area contributed by atoms with Crippen LogP contribution in [0, 0.1) is 5.92 Å². The van der Waals surface area contributed by atoms with E-state index in [1.165, 1.54) is 35.5 Å². The minimum atomic E-state index is -3.79. The molecule has 3 atom stereocenters. The highest BCUT2D eigenvalue weighted by Crippen LogP contribution is 2.40. The summed E-state index contributed by atoms with van der Waals surface area (Å²) in [5.41, 5.74) is -1.25. The predicted octanol–water partition coefficient (Wildman–Crippen LogP) is 1.47. The van der Waals surface area contributed by atoms with E-state index >= 15 is 0 Å². The third-order valence-electron chi connectivity index (χ3n) is 5.33. The van der Waals surface area contributed by atoms with Crippen LogP contribution in [0.4, 0.5) is 0 Å². The number of aliphatic carboxylic acids is 1. The van der Waals surface area contributed by atoms with Crippen molar-refractivity contribution in [3.05, 3.63) is 29.8 Å². The Morgan fingerprint density at radius 2 is 1.82 bits per heavy atom. The van der Waals surface area contributed by atoms with Gasteiger partial charge in [-0.1, -0.05) is 6.07 Å². The third kappa shape index (κ3) is 4.06. The van der Waals surface area contributed by atoms with Crippen LogP contribution in [0.3, 0.4) is 0 Å². The molecule has 3 rings (SSSR count). The number of ether oxygens (including phenoxy) is 1. The van der Waals surface area contributed by atoms with E-state index in [0.29, 0.717) is 0 Å². The summed E-state index contributed by atoms with van der Waals surface area (Å²) in [6.45, 7) is 5.59. The summed E-state index contributed by atoms with van der Waals surface area (Å²) in [6, 6.07) is 5.71. The smallest absolute Gasteiger partial charge is 0.329 e. The van der Waals surface area contributed by atoms with Crippen LogP contribution >= 0.6 is 0 Å². The van der Waals surface area contributed by atoms with Gasteiger partial charge in [0.05, 0.1) is 17.1 Å². The van der Waals surface area contributed by atoms with Crippen LogP contribution < -0.4 is 5.32 Å². The number of carboxylic acid groups (broad SMARTS) is 1. The number of carbonyl (C=O) groups is 2. The van der Waals surface area contributed by atoms with Crippen molar-refractivity contribution in [1.82, 2.24) is 9.62 Å². The van der Waals surface area contributed by atoms with E-state index in [1.807, 2.05) is 13.8 Å². The fourth-order valence-corrected chi connectivity index (χ4v) is 5.21. The summed E-state index contributed by atoms with van der Waals surface area (Å²) < 4.78 is 33.0. The van der Waals surface area contributed by atoms with Crippen LogP contribution in [-0.2, 0) is 19.6 Å². The fourth-order valence-electron chi connectivity index (χ4n) is 3.57. The average molecular weight is 410 g/mol. The van der Waals surface area contributed by atoms with Gasteiger partial charge in [-0.15, -0.1) is 0 Å². The minimum Gasteiger partial charge on any atom is -0.480 e. The second kappa shape index (κ2) is 7.46. The number of sulfonamides is 1. The molecule has 9 heteroatoms. The second-order valence-corrected chi connectivity index (χ2v) is 9.78. The molecule has 154 valence electrons. The van der Waals surface area contributed by atoms with Gasteiger partial charge in [0.1, 0.15) is 5.54 Å². The highest BCUT2D eigenvalue weighted by atomic mass is 32.2. The van der Waals surface area contributed by atoms with Crippen molar-refractivity contribution in [3.63, 3.8) is 0 Å². The van der Waals surface area contributed by atoms with Crippen molar-refractivity contribution >= 4 is 21.9 Å². The van der Waals surface area contributed by atoms with E-state index in [0.717, 1.165) is 12.8 Å². The maximum Gasteiger partial charge on any atom is 0.329 e. The van der Waals surface area contributed by atoms with Crippen molar-refractivity contribution in [2.24, 2.45) is 5.92 Å². The van der Waals surface area contributed by atoms with Crippen molar-refractivity contribution in [2.75, 3.05) is 13.1 Å². The van der Waals surface area contributed by atoms with Crippen LogP contribution in [0.1, 0.15) is 44.0 Å². The van der Waals surface area contributed by atoms with Gasteiger partial charge >= 0.3 is 5.97 Å². The standard InChI is InChI=1S/C19H26N2O6S/c1-12-10-21(11-13(2)27-12)28(25,26)16-6-4-5-14(9-16)17(22)20-19(3,18(23)24)15-7-8-15/h4-6,9,12-13,15H,7-8,10-11H2,1-3H3,(H,20,22)(H,23,24). The third-order valence-corrected chi connectivity index (χ3v) is 7.16. The van der Waals surface area contributed by atoms with Gasteiger partial charge in [0.2, 0.25) is 10.0 Å². The Hall–Kier alpha value is -1.97. The molecule has 1 saturated carbocycles. The number of nitrogens with zero attached hydrogens (tertiary/aromatic N) is 1.